The predicted molar refractivity (Wildman–Crippen MR) is 56.3 cm³/mol. The molecule has 1 aromatic heterocycles. The van der Waals surface area contributed by atoms with E-state index in [1.807, 2.05) is 18.0 Å². The smallest absolute Gasteiger partial charge is 0.104 e. The molecule has 1 rings (SSSR count). The van der Waals surface area contributed by atoms with Gasteiger partial charge >= 0.3 is 0 Å². The quantitative estimate of drug-likeness (QED) is 0.760. The van der Waals surface area contributed by atoms with E-state index in [2.05, 4.69) is 27.8 Å². The van der Waals surface area contributed by atoms with Crippen molar-refractivity contribution < 1.29 is 0 Å². The Morgan fingerprint density at radius 2 is 2.55 bits per heavy atom. The minimum atomic E-state index is 1.06. The minimum absolute atomic E-state index is 1.06. The van der Waals surface area contributed by atoms with Crippen molar-refractivity contribution in [2.24, 2.45) is 0 Å². The summed E-state index contributed by atoms with van der Waals surface area (Å²) in [6, 6.07) is 0. The van der Waals surface area contributed by atoms with E-state index < -0.39 is 0 Å². The molecule has 11 heavy (non-hydrogen) atoms. The van der Waals surface area contributed by atoms with Crippen molar-refractivity contribution in [3.8, 4) is 0 Å². The van der Waals surface area contributed by atoms with Crippen molar-refractivity contribution in [2.45, 2.75) is 19.1 Å². The van der Waals surface area contributed by atoms with Crippen LogP contribution in [0.5, 0.6) is 0 Å². The molecular weight excluding hydrogens is 242 g/mol. The molecule has 0 atom stereocenters. The molecule has 0 unspecified atom stereocenters. The number of nitrogens with zero attached hydrogens (tertiary/aromatic N) is 1. The molecule has 0 radical (unpaired) electrons. The van der Waals surface area contributed by atoms with Crippen molar-refractivity contribution in [3.05, 3.63) is 15.0 Å². The van der Waals surface area contributed by atoms with Crippen LogP contribution in [0.2, 0.25) is 0 Å². The van der Waals surface area contributed by atoms with Crippen LogP contribution in [0.25, 0.3) is 0 Å². The molecule has 1 aromatic rings. The van der Waals surface area contributed by atoms with Crippen LogP contribution in [-0.2, 0) is 5.75 Å². The van der Waals surface area contributed by atoms with Gasteiger partial charge in [-0.1, -0.05) is 6.92 Å². The van der Waals surface area contributed by atoms with Crippen LogP contribution >= 0.6 is 39.0 Å². The first-order valence-corrected chi connectivity index (χ1v) is 6.27. The van der Waals surface area contributed by atoms with Gasteiger partial charge in [0, 0.05) is 5.75 Å². The molecule has 0 saturated carbocycles. The van der Waals surface area contributed by atoms with Gasteiger partial charge in [-0.3, -0.25) is 0 Å². The Hall–Kier alpha value is 0.460. The Kier molecular flexibility index (Phi) is 4.48. The van der Waals surface area contributed by atoms with Crippen molar-refractivity contribution in [3.63, 3.8) is 0 Å². The van der Waals surface area contributed by atoms with E-state index in [1.54, 1.807) is 11.3 Å². The minimum Gasteiger partial charge on any atom is -0.248 e. The first kappa shape index (κ1) is 9.55. The van der Waals surface area contributed by atoms with Crippen LogP contribution in [0, 0.1) is 0 Å². The van der Waals surface area contributed by atoms with Crippen molar-refractivity contribution in [1.82, 2.24) is 4.98 Å². The Balaban J connectivity index is 2.27. The SMILES string of the molecule is CCCSCc1ncc(Br)s1. The van der Waals surface area contributed by atoms with Gasteiger partial charge < -0.3 is 0 Å². The maximum Gasteiger partial charge on any atom is 0.104 e. The van der Waals surface area contributed by atoms with E-state index in [4.69, 9.17) is 0 Å². The molecular formula is C7H10BrNS2. The lowest BCUT2D eigenvalue weighted by Crippen LogP contribution is -1.78. The average molecular weight is 252 g/mol. The van der Waals surface area contributed by atoms with Gasteiger partial charge in [0.25, 0.3) is 0 Å². The summed E-state index contributed by atoms with van der Waals surface area (Å²) in [4.78, 5) is 4.24. The summed E-state index contributed by atoms with van der Waals surface area (Å²) < 4.78 is 1.13. The monoisotopic (exact) mass is 251 g/mol. The van der Waals surface area contributed by atoms with Crippen LogP contribution < -0.4 is 0 Å². The molecule has 0 amide bonds. The topological polar surface area (TPSA) is 12.9 Å². The van der Waals surface area contributed by atoms with E-state index in [1.165, 1.54) is 17.2 Å². The highest BCUT2D eigenvalue weighted by Crippen LogP contribution is 2.22. The first-order valence-electron chi connectivity index (χ1n) is 3.51. The molecule has 0 saturated heterocycles. The molecule has 0 aliphatic carbocycles. The number of halogens is 1. The zero-order chi connectivity index (χ0) is 8.10. The van der Waals surface area contributed by atoms with Gasteiger partial charge in [0.1, 0.15) is 5.01 Å². The summed E-state index contributed by atoms with van der Waals surface area (Å²) in [5.74, 6) is 2.29. The highest BCUT2D eigenvalue weighted by atomic mass is 79.9. The summed E-state index contributed by atoms with van der Waals surface area (Å²) in [5.41, 5.74) is 0. The lowest BCUT2D eigenvalue weighted by atomic mass is 10.6. The van der Waals surface area contributed by atoms with Crippen LogP contribution in [-0.4, -0.2) is 10.7 Å². The molecule has 0 bridgehead atoms. The Morgan fingerprint density at radius 1 is 1.73 bits per heavy atom. The second kappa shape index (κ2) is 5.17. The Labute approximate surface area is 83.7 Å². The summed E-state index contributed by atoms with van der Waals surface area (Å²) >= 11 is 7.06. The molecule has 0 spiro atoms. The summed E-state index contributed by atoms with van der Waals surface area (Å²) in [6.45, 7) is 2.20. The molecule has 0 aliphatic heterocycles. The zero-order valence-electron chi connectivity index (χ0n) is 6.34. The maximum absolute atomic E-state index is 4.24. The fraction of sp³-hybridized carbons (Fsp3) is 0.571. The van der Waals surface area contributed by atoms with Gasteiger partial charge in [0.2, 0.25) is 0 Å². The van der Waals surface area contributed by atoms with Crippen molar-refractivity contribution in [1.29, 1.82) is 0 Å². The molecule has 4 heteroatoms. The summed E-state index contributed by atoms with van der Waals surface area (Å²) in [5, 5.41) is 1.22. The van der Waals surface area contributed by atoms with E-state index in [0.29, 0.717) is 0 Å². The fourth-order valence-electron chi connectivity index (χ4n) is 0.659. The molecule has 62 valence electrons. The van der Waals surface area contributed by atoms with Crippen molar-refractivity contribution in [2.75, 3.05) is 5.75 Å². The third-order valence-electron chi connectivity index (χ3n) is 1.10. The van der Waals surface area contributed by atoms with Gasteiger partial charge in [-0.2, -0.15) is 11.8 Å². The Morgan fingerprint density at radius 3 is 3.09 bits per heavy atom. The fourth-order valence-corrected chi connectivity index (χ4v) is 2.93. The molecule has 0 fully saturated rings. The normalized spacial score (nSPS) is 10.4. The second-order valence-corrected chi connectivity index (χ2v) is 5.71. The third kappa shape index (κ3) is 3.58. The van der Waals surface area contributed by atoms with Gasteiger partial charge in [-0.15, -0.1) is 11.3 Å². The molecule has 0 aliphatic rings. The lowest BCUT2D eigenvalue weighted by Gasteiger charge is -1.93. The standard InChI is InChI=1S/C7H10BrNS2/c1-2-3-10-5-7-9-4-6(8)11-7/h4H,2-3,5H2,1H3. The largest absolute Gasteiger partial charge is 0.248 e. The van der Waals surface area contributed by atoms with E-state index in [-0.39, 0.29) is 0 Å². The summed E-state index contributed by atoms with van der Waals surface area (Å²) in [7, 11) is 0. The van der Waals surface area contributed by atoms with Crippen LogP contribution in [0.1, 0.15) is 18.4 Å². The third-order valence-corrected chi connectivity index (χ3v) is 3.93. The van der Waals surface area contributed by atoms with E-state index in [9.17, 15) is 0 Å². The maximum atomic E-state index is 4.24. The summed E-state index contributed by atoms with van der Waals surface area (Å²) in [6.07, 6.45) is 3.11. The number of rotatable bonds is 4. The Bertz CT molecular complexity index is 212. The van der Waals surface area contributed by atoms with E-state index in [0.717, 1.165) is 9.54 Å². The highest BCUT2D eigenvalue weighted by molar-refractivity contribution is 9.11. The number of aromatic nitrogens is 1. The van der Waals surface area contributed by atoms with Crippen LogP contribution in [0.4, 0.5) is 0 Å². The van der Waals surface area contributed by atoms with Crippen LogP contribution in [0.15, 0.2) is 9.98 Å². The van der Waals surface area contributed by atoms with E-state index >= 15 is 0 Å². The zero-order valence-corrected chi connectivity index (χ0v) is 9.56. The second-order valence-electron chi connectivity index (χ2n) is 2.11. The molecule has 1 nitrogen and oxygen atoms in total. The van der Waals surface area contributed by atoms with Crippen molar-refractivity contribution >= 4 is 39.0 Å². The highest BCUT2D eigenvalue weighted by Gasteiger charge is 1.97. The number of hydrogen-bond acceptors (Lipinski definition) is 3. The van der Waals surface area contributed by atoms with Gasteiger partial charge in [0.15, 0.2) is 0 Å². The number of thiazole rings is 1. The lowest BCUT2D eigenvalue weighted by molar-refractivity contribution is 1.10. The molecule has 0 N–H and O–H groups in total. The molecule has 1 heterocycles. The van der Waals surface area contributed by atoms with Gasteiger partial charge in [0.05, 0.1) is 9.98 Å². The number of hydrogen-bond donors (Lipinski definition) is 0. The molecule has 0 aromatic carbocycles. The average Bonchev–Trinajstić information content (AvgIpc) is 2.37. The number of thioether (sulfide) groups is 1. The first-order chi connectivity index (χ1) is 5.33. The van der Waals surface area contributed by atoms with Gasteiger partial charge in [-0.05, 0) is 28.1 Å². The van der Waals surface area contributed by atoms with Crippen LogP contribution in [0.3, 0.4) is 0 Å². The predicted octanol–water partition coefficient (Wildman–Crippen LogP) is 3.55. The van der Waals surface area contributed by atoms with Gasteiger partial charge in [-0.25, -0.2) is 4.98 Å².